The Hall–Kier alpha value is -2.40. The summed E-state index contributed by atoms with van der Waals surface area (Å²) in [6.45, 7) is 4.62. The molecule has 0 aliphatic carbocycles. The molecule has 0 spiro atoms. The molecule has 5 nitrogen and oxygen atoms in total. The van der Waals surface area contributed by atoms with Gasteiger partial charge in [0.05, 0.1) is 12.2 Å². The van der Waals surface area contributed by atoms with Crippen molar-refractivity contribution in [3.8, 4) is 0 Å². The minimum Gasteiger partial charge on any atom is -0.478 e. The monoisotopic (exact) mass is 272 g/mol. The molecule has 104 valence electrons. The van der Waals surface area contributed by atoms with Crippen LogP contribution in [0.15, 0.2) is 43.1 Å². The van der Waals surface area contributed by atoms with Crippen LogP contribution in [-0.4, -0.2) is 40.9 Å². The van der Waals surface area contributed by atoms with Crippen molar-refractivity contribution in [3.63, 3.8) is 0 Å². The third kappa shape index (κ3) is 2.62. The molecule has 0 saturated carbocycles. The molecule has 1 heterocycles. The van der Waals surface area contributed by atoms with Crippen LogP contribution < -0.4 is 4.90 Å². The standard InChI is InChI=1S/C15H16N2O3/c1-2-7-17(8-9-18)14-12-6-4-3-5-11(12)13(10-16-14)15(19)20/h2-6,10,18H,1,7-9H2,(H,19,20). The molecular weight excluding hydrogens is 256 g/mol. The van der Waals surface area contributed by atoms with Crippen LogP contribution in [0.1, 0.15) is 10.4 Å². The van der Waals surface area contributed by atoms with Gasteiger partial charge < -0.3 is 15.1 Å². The number of benzene rings is 1. The van der Waals surface area contributed by atoms with Crippen molar-refractivity contribution < 1.29 is 15.0 Å². The van der Waals surface area contributed by atoms with E-state index in [0.717, 1.165) is 5.39 Å². The summed E-state index contributed by atoms with van der Waals surface area (Å²) in [5, 5.41) is 19.7. The van der Waals surface area contributed by atoms with Gasteiger partial charge in [-0.3, -0.25) is 0 Å². The van der Waals surface area contributed by atoms with E-state index in [2.05, 4.69) is 11.6 Å². The highest BCUT2D eigenvalue weighted by Gasteiger charge is 2.15. The van der Waals surface area contributed by atoms with E-state index in [0.29, 0.717) is 24.3 Å². The Morgan fingerprint density at radius 2 is 2.05 bits per heavy atom. The molecular formula is C15H16N2O3. The van der Waals surface area contributed by atoms with Gasteiger partial charge in [0.15, 0.2) is 0 Å². The predicted molar refractivity (Wildman–Crippen MR) is 78.2 cm³/mol. The topological polar surface area (TPSA) is 73.7 Å². The van der Waals surface area contributed by atoms with Crippen LogP contribution in [0.2, 0.25) is 0 Å². The molecule has 5 heteroatoms. The number of rotatable bonds is 6. The van der Waals surface area contributed by atoms with Gasteiger partial charge in [-0.05, 0) is 0 Å². The molecule has 0 radical (unpaired) electrons. The Balaban J connectivity index is 2.62. The SMILES string of the molecule is C=CCN(CCO)c1ncc(C(=O)O)c2ccccc12. The summed E-state index contributed by atoms with van der Waals surface area (Å²) >= 11 is 0. The zero-order valence-corrected chi connectivity index (χ0v) is 11.0. The normalized spacial score (nSPS) is 10.4. The zero-order chi connectivity index (χ0) is 14.5. The summed E-state index contributed by atoms with van der Waals surface area (Å²) < 4.78 is 0. The molecule has 0 saturated heterocycles. The van der Waals surface area contributed by atoms with Crippen molar-refractivity contribution in [1.29, 1.82) is 0 Å². The number of carbonyl (C=O) groups is 1. The second-order valence-electron chi connectivity index (χ2n) is 4.30. The molecule has 2 rings (SSSR count). The number of carboxylic acid groups (broad SMARTS) is 1. The summed E-state index contributed by atoms with van der Waals surface area (Å²) in [4.78, 5) is 17.4. The third-order valence-corrected chi connectivity index (χ3v) is 3.02. The van der Waals surface area contributed by atoms with Crippen LogP contribution in [0.5, 0.6) is 0 Å². The lowest BCUT2D eigenvalue weighted by molar-refractivity contribution is 0.0698. The molecule has 0 aliphatic rings. The lowest BCUT2D eigenvalue weighted by atomic mass is 10.1. The highest BCUT2D eigenvalue weighted by atomic mass is 16.4. The molecule has 0 bridgehead atoms. The summed E-state index contributed by atoms with van der Waals surface area (Å²) in [6.07, 6.45) is 3.07. The van der Waals surface area contributed by atoms with Crippen molar-refractivity contribution in [2.75, 3.05) is 24.6 Å². The molecule has 0 fully saturated rings. The van der Waals surface area contributed by atoms with Crippen LogP contribution >= 0.6 is 0 Å². The first-order valence-corrected chi connectivity index (χ1v) is 6.26. The van der Waals surface area contributed by atoms with E-state index in [-0.39, 0.29) is 12.2 Å². The van der Waals surface area contributed by atoms with Gasteiger partial charge >= 0.3 is 5.97 Å². The number of anilines is 1. The number of nitrogens with zero attached hydrogens (tertiary/aromatic N) is 2. The van der Waals surface area contributed by atoms with Crippen molar-refractivity contribution in [1.82, 2.24) is 4.98 Å². The first kappa shape index (κ1) is 14.0. The number of aromatic carboxylic acids is 1. The number of aliphatic hydroxyl groups is 1. The van der Waals surface area contributed by atoms with Gasteiger partial charge in [-0.15, -0.1) is 6.58 Å². The van der Waals surface area contributed by atoms with Gasteiger partial charge in [-0.2, -0.15) is 0 Å². The first-order chi connectivity index (χ1) is 9.69. The summed E-state index contributed by atoms with van der Waals surface area (Å²) in [7, 11) is 0. The zero-order valence-electron chi connectivity index (χ0n) is 11.0. The van der Waals surface area contributed by atoms with Crippen LogP contribution in [0.3, 0.4) is 0 Å². The summed E-state index contributed by atoms with van der Waals surface area (Å²) in [6, 6.07) is 7.22. The van der Waals surface area contributed by atoms with Gasteiger partial charge in [0.25, 0.3) is 0 Å². The van der Waals surface area contributed by atoms with Gasteiger partial charge in [-0.1, -0.05) is 30.3 Å². The third-order valence-electron chi connectivity index (χ3n) is 3.02. The number of aromatic nitrogens is 1. The molecule has 0 unspecified atom stereocenters. The van der Waals surface area contributed by atoms with E-state index in [4.69, 9.17) is 5.11 Å². The molecule has 0 atom stereocenters. The fraction of sp³-hybridized carbons (Fsp3) is 0.200. The average molecular weight is 272 g/mol. The lowest BCUT2D eigenvalue weighted by Crippen LogP contribution is -2.28. The molecule has 0 aliphatic heterocycles. The highest BCUT2D eigenvalue weighted by Crippen LogP contribution is 2.27. The van der Waals surface area contributed by atoms with Crippen molar-refractivity contribution >= 4 is 22.6 Å². The van der Waals surface area contributed by atoms with E-state index in [1.807, 2.05) is 17.0 Å². The largest absolute Gasteiger partial charge is 0.478 e. The second-order valence-corrected chi connectivity index (χ2v) is 4.30. The Kier molecular flexibility index (Phi) is 4.32. The molecule has 2 N–H and O–H groups in total. The quantitative estimate of drug-likeness (QED) is 0.786. The average Bonchev–Trinajstić information content (AvgIpc) is 2.45. The van der Waals surface area contributed by atoms with E-state index in [9.17, 15) is 9.90 Å². The van der Waals surface area contributed by atoms with E-state index < -0.39 is 5.97 Å². The predicted octanol–water partition coefficient (Wildman–Crippen LogP) is 1.92. The van der Waals surface area contributed by atoms with Crippen molar-refractivity contribution in [2.45, 2.75) is 0 Å². The maximum atomic E-state index is 11.2. The lowest BCUT2D eigenvalue weighted by Gasteiger charge is -2.23. The number of hydrogen-bond donors (Lipinski definition) is 2. The Labute approximate surface area is 116 Å². The van der Waals surface area contributed by atoms with E-state index in [1.165, 1.54) is 6.20 Å². The van der Waals surface area contributed by atoms with Crippen molar-refractivity contribution in [3.05, 3.63) is 48.7 Å². The number of fused-ring (bicyclic) bond motifs is 1. The first-order valence-electron chi connectivity index (χ1n) is 6.26. The highest BCUT2D eigenvalue weighted by molar-refractivity contribution is 6.06. The summed E-state index contributed by atoms with van der Waals surface area (Å²) in [5.74, 6) is -0.350. The maximum absolute atomic E-state index is 11.2. The Morgan fingerprint density at radius 3 is 2.65 bits per heavy atom. The molecule has 0 amide bonds. The fourth-order valence-corrected chi connectivity index (χ4v) is 2.16. The van der Waals surface area contributed by atoms with E-state index in [1.54, 1.807) is 18.2 Å². The molecule has 20 heavy (non-hydrogen) atoms. The van der Waals surface area contributed by atoms with Crippen LogP contribution in [-0.2, 0) is 0 Å². The van der Waals surface area contributed by atoms with Crippen molar-refractivity contribution in [2.24, 2.45) is 0 Å². The second kappa shape index (κ2) is 6.16. The fourth-order valence-electron chi connectivity index (χ4n) is 2.16. The van der Waals surface area contributed by atoms with Gasteiger partial charge in [0.2, 0.25) is 0 Å². The van der Waals surface area contributed by atoms with E-state index >= 15 is 0 Å². The van der Waals surface area contributed by atoms with Crippen LogP contribution in [0.4, 0.5) is 5.82 Å². The van der Waals surface area contributed by atoms with Crippen LogP contribution in [0, 0.1) is 0 Å². The van der Waals surface area contributed by atoms with Gasteiger partial charge in [0.1, 0.15) is 5.82 Å². The number of carboxylic acids is 1. The molecule has 2 aromatic rings. The van der Waals surface area contributed by atoms with Gasteiger partial charge in [0, 0.05) is 30.1 Å². The van der Waals surface area contributed by atoms with Gasteiger partial charge in [-0.25, -0.2) is 9.78 Å². The smallest absolute Gasteiger partial charge is 0.337 e. The number of pyridine rings is 1. The minimum absolute atomic E-state index is 0.00940. The minimum atomic E-state index is -1.00. The maximum Gasteiger partial charge on any atom is 0.337 e. The molecule has 1 aromatic heterocycles. The Bertz CT molecular complexity index is 640. The summed E-state index contributed by atoms with van der Waals surface area (Å²) in [5.41, 5.74) is 0.173. The molecule has 1 aromatic carbocycles. The van der Waals surface area contributed by atoms with Crippen LogP contribution in [0.25, 0.3) is 10.8 Å². The Morgan fingerprint density at radius 1 is 1.35 bits per heavy atom. The number of hydrogen-bond acceptors (Lipinski definition) is 4. The number of aliphatic hydroxyl groups excluding tert-OH is 1.